The van der Waals surface area contributed by atoms with Crippen molar-refractivity contribution in [2.45, 2.75) is 13.5 Å². The van der Waals surface area contributed by atoms with E-state index in [0.29, 0.717) is 12.4 Å². The van der Waals surface area contributed by atoms with Crippen LogP contribution in [-0.2, 0) is 6.54 Å². The fourth-order valence-electron chi connectivity index (χ4n) is 1.20. The van der Waals surface area contributed by atoms with Gasteiger partial charge in [0.2, 0.25) is 0 Å². The Labute approximate surface area is 88.6 Å². The molecule has 2 aromatic rings. The highest BCUT2D eigenvalue weighted by atomic mass is 32.1. The molecule has 0 saturated heterocycles. The summed E-state index contributed by atoms with van der Waals surface area (Å²) in [4.78, 5) is 14.1. The van der Waals surface area contributed by atoms with Crippen LogP contribution in [0.1, 0.15) is 10.8 Å². The van der Waals surface area contributed by atoms with Crippen molar-refractivity contribution in [3.8, 4) is 0 Å². The number of hydrogen-bond donors (Lipinski definition) is 0. The van der Waals surface area contributed by atoms with Crippen LogP contribution in [0.4, 0.5) is 5.82 Å². The largest absolute Gasteiger partial charge is 0.358 e. The van der Waals surface area contributed by atoms with Crippen molar-refractivity contribution in [3.05, 3.63) is 32.7 Å². The summed E-state index contributed by atoms with van der Waals surface area (Å²) in [6.45, 7) is 2.06. The van der Waals surface area contributed by atoms with Gasteiger partial charge in [0, 0.05) is 6.92 Å². The van der Waals surface area contributed by atoms with Crippen LogP contribution in [0.25, 0.3) is 0 Å². The first-order valence-electron chi connectivity index (χ1n) is 4.10. The predicted molar refractivity (Wildman–Crippen MR) is 52.6 cm³/mol. The van der Waals surface area contributed by atoms with E-state index < -0.39 is 4.92 Å². The Morgan fingerprint density at radius 1 is 1.67 bits per heavy atom. The smallest absolute Gasteiger partial charge is 0.343 e. The highest BCUT2D eigenvalue weighted by molar-refractivity contribution is 7.09. The fourth-order valence-corrected chi connectivity index (χ4v) is 1.71. The molecule has 0 aliphatic carbocycles. The Morgan fingerprint density at radius 2 is 2.47 bits per heavy atom. The van der Waals surface area contributed by atoms with Gasteiger partial charge in [-0.05, 0) is 4.92 Å². The molecule has 0 aliphatic rings. The molecule has 0 aliphatic heterocycles. The van der Waals surface area contributed by atoms with Crippen molar-refractivity contribution in [1.82, 2.24) is 19.7 Å². The molecule has 0 unspecified atom stereocenters. The first-order chi connectivity index (χ1) is 7.18. The lowest BCUT2D eigenvalue weighted by molar-refractivity contribution is -0.392. The predicted octanol–water partition coefficient (Wildman–Crippen LogP) is 1.000. The number of rotatable bonds is 3. The van der Waals surface area contributed by atoms with Gasteiger partial charge in [0.25, 0.3) is 0 Å². The maximum Gasteiger partial charge on any atom is 0.343 e. The average molecular weight is 225 g/mol. The van der Waals surface area contributed by atoms with E-state index in [1.165, 1.54) is 22.1 Å². The van der Waals surface area contributed by atoms with E-state index >= 15 is 0 Å². The van der Waals surface area contributed by atoms with E-state index in [2.05, 4.69) is 15.2 Å². The maximum absolute atomic E-state index is 10.7. The molecule has 0 radical (unpaired) electrons. The summed E-state index contributed by atoms with van der Waals surface area (Å²) in [7, 11) is 0. The van der Waals surface area contributed by atoms with Gasteiger partial charge in [0.15, 0.2) is 10.8 Å². The molecule has 7 nitrogen and oxygen atoms in total. The Bertz CT molecular complexity index is 478. The molecular formula is C7H7N5O2S. The van der Waals surface area contributed by atoms with Crippen LogP contribution in [0, 0.1) is 17.0 Å². The fraction of sp³-hybridized carbons (Fsp3) is 0.286. The van der Waals surface area contributed by atoms with Crippen LogP contribution >= 0.6 is 11.3 Å². The van der Waals surface area contributed by atoms with Gasteiger partial charge in [-0.2, -0.15) is 0 Å². The summed E-state index contributed by atoms with van der Waals surface area (Å²) in [6.07, 6.45) is 1.25. The molecule has 0 saturated carbocycles. The summed E-state index contributed by atoms with van der Waals surface area (Å²) in [5, 5.41) is 18.9. The lowest BCUT2D eigenvalue weighted by Gasteiger charge is -1.98. The van der Waals surface area contributed by atoms with Crippen LogP contribution in [0.15, 0.2) is 11.7 Å². The molecule has 8 heteroatoms. The standard InChI is InChI=1S/C7H7N5O2S/c1-5-8-2-7(12(13)14)11(5)3-6-10-9-4-15-6/h2,4H,3H2,1H3. The molecular weight excluding hydrogens is 218 g/mol. The van der Waals surface area contributed by atoms with Crippen molar-refractivity contribution in [2.24, 2.45) is 0 Å². The lowest BCUT2D eigenvalue weighted by Crippen LogP contribution is -2.05. The zero-order valence-electron chi connectivity index (χ0n) is 7.82. The van der Waals surface area contributed by atoms with Crippen molar-refractivity contribution < 1.29 is 4.92 Å². The van der Waals surface area contributed by atoms with Crippen molar-refractivity contribution >= 4 is 17.2 Å². The van der Waals surface area contributed by atoms with Gasteiger partial charge in [-0.1, -0.05) is 0 Å². The van der Waals surface area contributed by atoms with Crippen molar-refractivity contribution in [2.75, 3.05) is 0 Å². The highest BCUT2D eigenvalue weighted by Crippen LogP contribution is 2.16. The van der Waals surface area contributed by atoms with Gasteiger partial charge >= 0.3 is 5.82 Å². The van der Waals surface area contributed by atoms with Crippen molar-refractivity contribution in [1.29, 1.82) is 0 Å². The van der Waals surface area contributed by atoms with Crippen LogP contribution in [0.2, 0.25) is 0 Å². The molecule has 0 amide bonds. The number of nitrogens with zero attached hydrogens (tertiary/aromatic N) is 5. The normalized spacial score (nSPS) is 10.5. The van der Waals surface area contributed by atoms with E-state index in [4.69, 9.17) is 0 Å². The van der Waals surface area contributed by atoms with Gasteiger partial charge in [-0.3, -0.25) is 0 Å². The van der Waals surface area contributed by atoms with Gasteiger partial charge in [0.05, 0.1) is 0 Å². The van der Waals surface area contributed by atoms with E-state index in [1.807, 2.05) is 0 Å². The number of hydrogen-bond acceptors (Lipinski definition) is 6. The molecule has 2 aromatic heterocycles. The Hall–Kier alpha value is -1.83. The van der Waals surface area contributed by atoms with Crippen LogP contribution < -0.4 is 0 Å². The number of aryl methyl sites for hydroxylation is 1. The Kier molecular flexibility index (Phi) is 2.42. The van der Waals surface area contributed by atoms with Crippen LogP contribution in [0.5, 0.6) is 0 Å². The Morgan fingerprint density at radius 3 is 3.07 bits per heavy atom. The van der Waals surface area contributed by atoms with Crippen LogP contribution in [0.3, 0.4) is 0 Å². The summed E-state index contributed by atoms with van der Waals surface area (Å²) >= 11 is 1.36. The van der Waals surface area contributed by atoms with Gasteiger partial charge in [0.1, 0.15) is 18.3 Å². The molecule has 0 aromatic carbocycles. The van der Waals surface area contributed by atoms with Crippen LogP contribution in [-0.4, -0.2) is 24.7 Å². The molecule has 0 spiro atoms. The summed E-state index contributed by atoms with van der Waals surface area (Å²) in [5.41, 5.74) is 1.59. The third-order valence-corrected chi connectivity index (χ3v) is 2.60. The molecule has 0 atom stereocenters. The zero-order chi connectivity index (χ0) is 10.8. The second-order valence-electron chi connectivity index (χ2n) is 2.84. The monoisotopic (exact) mass is 225 g/mol. The topological polar surface area (TPSA) is 86.7 Å². The highest BCUT2D eigenvalue weighted by Gasteiger charge is 2.18. The van der Waals surface area contributed by atoms with E-state index in [0.717, 1.165) is 5.01 Å². The zero-order valence-corrected chi connectivity index (χ0v) is 8.64. The number of nitro groups is 1. The summed E-state index contributed by atoms with van der Waals surface area (Å²) in [6, 6.07) is 0. The minimum atomic E-state index is -0.457. The molecule has 15 heavy (non-hydrogen) atoms. The molecule has 0 fully saturated rings. The van der Waals surface area contributed by atoms with Gasteiger partial charge < -0.3 is 10.1 Å². The SMILES string of the molecule is Cc1ncc([N+](=O)[O-])n1Cc1nncs1. The van der Waals surface area contributed by atoms with Crippen molar-refractivity contribution in [3.63, 3.8) is 0 Å². The number of imidazole rings is 1. The molecule has 0 bridgehead atoms. The van der Waals surface area contributed by atoms with Gasteiger partial charge in [-0.25, -0.2) is 9.55 Å². The second kappa shape index (κ2) is 3.73. The second-order valence-corrected chi connectivity index (χ2v) is 3.76. The Balaban J connectivity index is 2.35. The third kappa shape index (κ3) is 1.84. The minimum Gasteiger partial charge on any atom is -0.358 e. The lowest BCUT2D eigenvalue weighted by atomic mass is 10.6. The number of aromatic nitrogens is 4. The summed E-state index contributed by atoms with van der Waals surface area (Å²) in [5.74, 6) is 0.569. The maximum atomic E-state index is 10.7. The van der Waals surface area contributed by atoms with E-state index in [-0.39, 0.29) is 5.82 Å². The minimum absolute atomic E-state index is 0.0253. The van der Waals surface area contributed by atoms with E-state index in [1.54, 1.807) is 12.4 Å². The van der Waals surface area contributed by atoms with E-state index in [9.17, 15) is 10.1 Å². The quantitative estimate of drug-likeness (QED) is 0.574. The summed E-state index contributed by atoms with van der Waals surface area (Å²) < 4.78 is 1.50. The molecule has 0 N–H and O–H groups in total. The molecule has 78 valence electrons. The first kappa shape index (κ1) is 9.71. The third-order valence-electron chi connectivity index (χ3n) is 1.92. The molecule has 2 rings (SSSR count). The van der Waals surface area contributed by atoms with Gasteiger partial charge in [-0.15, -0.1) is 21.5 Å². The first-order valence-corrected chi connectivity index (χ1v) is 4.98. The average Bonchev–Trinajstić information content (AvgIpc) is 2.78. The molecule has 2 heterocycles.